The molecule has 2 aromatic rings. The Hall–Kier alpha value is -1.88. The Morgan fingerprint density at radius 3 is 2.47 bits per heavy atom. The molecule has 0 fully saturated rings. The second-order valence-electron chi connectivity index (χ2n) is 4.87. The number of nitrogens with one attached hydrogen (secondary N) is 2. The fraction of sp³-hybridized carbons (Fsp3) is 0.429. The third kappa shape index (κ3) is 3.12. The average molecular weight is 260 g/mol. The van der Waals surface area contributed by atoms with E-state index >= 15 is 0 Å². The van der Waals surface area contributed by atoms with Crippen LogP contribution in [-0.2, 0) is 0 Å². The predicted octanol–water partition coefficient (Wildman–Crippen LogP) is 1.87. The molecule has 1 aromatic heterocycles. The Balaban J connectivity index is 2.03. The van der Waals surface area contributed by atoms with Gasteiger partial charge < -0.3 is 5.32 Å². The summed E-state index contributed by atoms with van der Waals surface area (Å²) in [6.07, 6.45) is 1.42. The number of hydrogen-bond donors (Lipinski definition) is 2. The van der Waals surface area contributed by atoms with Crippen molar-refractivity contribution >= 4 is 0 Å². The Morgan fingerprint density at radius 2 is 1.89 bits per heavy atom. The van der Waals surface area contributed by atoms with Gasteiger partial charge in [0, 0.05) is 12.1 Å². The molecule has 0 saturated heterocycles. The Bertz CT molecular complexity index is 560. The van der Waals surface area contributed by atoms with E-state index in [0.717, 1.165) is 0 Å². The van der Waals surface area contributed by atoms with Crippen molar-refractivity contribution in [3.8, 4) is 0 Å². The van der Waals surface area contributed by atoms with E-state index in [1.54, 1.807) is 0 Å². The molecule has 1 aromatic carbocycles. The molecule has 0 amide bonds. The highest BCUT2D eigenvalue weighted by Gasteiger charge is 2.18. The van der Waals surface area contributed by atoms with Crippen molar-refractivity contribution in [3.05, 3.63) is 52.7 Å². The Morgan fingerprint density at radius 1 is 1.21 bits per heavy atom. The summed E-state index contributed by atoms with van der Waals surface area (Å²) in [7, 11) is 0. The van der Waals surface area contributed by atoms with E-state index in [9.17, 15) is 4.79 Å². The summed E-state index contributed by atoms with van der Waals surface area (Å²) >= 11 is 0. The number of rotatable bonds is 5. The zero-order valence-corrected chi connectivity index (χ0v) is 11.5. The molecule has 0 aliphatic rings. The topological polar surface area (TPSA) is 62.7 Å². The lowest BCUT2D eigenvalue weighted by atomic mass is 10.1. The minimum atomic E-state index is -0.173. The lowest BCUT2D eigenvalue weighted by Crippen LogP contribution is -2.39. The lowest BCUT2D eigenvalue weighted by Gasteiger charge is -2.25. The van der Waals surface area contributed by atoms with Crippen molar-refractivity contribution in [2.24, 2.45) is 0 Å². The van der Waals surface area contributed by atoms with E-state index < -0.39 is 0 Å². The molecule has 102 valence electrons. The van der Waals surface area contributed by atoms with Gasteiger partial charge >= 0.3 is 5.69 Å². The van der Waals surface area contributed by atoms with Gasteiger partial charge in [-0.3, -0.25) is 4.98 Å². The molecule has 5 nitrogen and oxygen atoms in total. The van der Waals surface area contributed by atoms with Crippen molar-refractivity contribution < 1.29 is 0 Å². The molecule has 0 bridgehead atoms. The summed E-state index contributed by atoms with van der Waals surface area (Å²) in [5.74, 6) is 0. The van der Waals surface area contributed by atoms with Crippen LogP contribution in [0.1, 0.15) is 38.4 Å². The van der Waals surface area contributed by atoms with Crippen molar-refractivity contribution in [2.75, 3.05) is 0 Å². The van der Waals surface area contributed by atoms with E-state index in [2.05, 4.69) is 41.4 Å². The first-order valence-electron chi connectivity index (χ1n) is 6.52. The zero-order valence-electron chi connectivity index (χ0n) is 11.5. The van der Waals surface area contributed by atoms with Gasteiger partial charge in [0.25, 0.3) is 0 Å². The van der Waals surface area contributed by atoms with E-state index in [4.69, 9.17) is 0 Å². The van der Waals surface area contributed by atoms with Gasteiger partial charge in [-0.25, -0.2) is 9.48 Å². The van der Waals surface area contributed by atoms with Crippen LogP contribution in [0.15, 0.2) is 41.5 Å². The minimum absolute atomic E-state index is 0.00934. The van der Waals surface area contributed by atoms with Crippen LogP contribution in [0.5, 0.6) is 0 Å². The van der Waals surface area contributed by atoms with Crippen LogP contribution in [0.4, 0.5) is 0 Å². The van der Waals surface area contributed by atoms with Gasteiger partial charge in [0.1, 0.15) is 6.33 Å². The zero-order chi connectivity index (χ0) is 13.8. The number of benzene rings is 1. The van der Waals surface area contributed by atoms with Crippen LogP contribution in [0.25, 0.3) is 0 Å². The van der Waals surface area contributed by atoms with Gasteiger partial charge in [0.05, 0.1) is 6.04 Å². The molecule has 0 spiro atoms. The minimum Gasteiger partial charge on any atom is -0.306 e. The quantitative estimate of drug-likeness (QED) is 0.862. The third-order valence-corrected chi connectivity index (χ3v) is 3.50. The maximum atomic E-state index is 11.5. The fourth-order valence-corrected chi connectivity index (χ4v) is 2.14. The molecular weight excluding hydrogens is 240 g/mol. The monoisotopic (exact) mass is 260 g/mol. The number of aromatic nitrogens is 3. The van der Waals surface area contributed by atoms with Gasteiger partial charge in [-0.05, 0) is 26.3 Å². The molecule has 3 atom stereocenters. The Labute approximate surface area is 112 Å². The van der Waals surface area contributed by atoms with Crippen LogP contribution in [-0.4, -0.2) is 20.8 Å². The van der Waals surface area contributed by atoms with Gasteiger partial charge in [-0.15, -0.1) is 0 Å². The summed E-state index contributed by atoms with van der Waals surface area (Å²) in [5, 5.41) is 7.52. The van der Waals surface area contributed by atoms with Gasteiger partial charge in [0.2, 0.25) is 0 Å². The molecule has 3 unspecified atom stereocenters. The molecule has 0 aliphatic carbocycles. The summed E-state index contributed by atoms with van der Waals surface area (Å²) in [6, 6.07) is 10.6. The molecule has 2 N–H and O–H groups in total. The lowest BCUT2D eigenvalue weighted by molar-refractivity contribution is 0.335. The molecule has 0 radical (unpaired) electrons. The van der Waals surface area contributed by atoms with Gasteiger partial charge in [-0.1, -0.05) is 30.3 Å². The molecule has 0 saturated carbocycles. The normalized spacial score (nSPS) is 15.9. The summed E-state index contributed by atoms with van der Waals surface area (Å²) in [4.78, 5) is 14.1. The molecule has 5 heteroatoms. The van der Waals surface area contributed by atoms with E-state index in [0.29, 0.717) is 0 Å². The number of aromatic amines is 1. The molecule has 2 rings (SSSR count). The number of hydrogen-bond acceptors (Lipinski definition) is 3. The van der Waals surface area contributed by atoms with Crippen molar-refractivity contribution in [1.29, 1.82) is 0 Å². The van der Waals surface area contributed by atoms with Crippen LogP contribution < -0.4 is 11.0 Å². The highest BCUT2D eigenvalue weighted by molar-refractivity contribution is 5.18. The van der Waals surface area contributed by atoms with E-state index in [1.165, 1.54) is 16.6 Å². The second-order valence-corrected chi connectivity index (χ2v) is 4.87. The smallest absolute Gasteiger partial charge is 0.306 e. The standard InChI is InChI=1S/C14H20N4O/c1-10(12(3)18-14(19)15-9-16-18)17-11(2)13-7-5-4-6-8-13/h4-12,17H,1-3H3,(H,15,16,19). The van der Waals surface area contributed by atoms with E-state index in [1.807, 2.05) is 25.1 Å². The third-order valence-electron chi connectivity index (χ3n) is 3.50. The second kappa shape index (κ2) is 5.84. The fourth-order valence-electron chi connectivity index (χ4n) is 2.14. The summed E-state index contributed by atoms with van der Waals surface area (Å²) in [6.45, 7) is 6.16. The molecular formula is C14H20N4O. The highest BCUT2D eigenvalue weighted by Crippen LogP contribution is 2.15. The predicted molar refractivity (Wildman–Crippen MR) is 75.0 cm³/mol. The number of nitrogens with zero attached hydrogens (tertiary/aromatic N) is 2. The van der Waals surface area contributed by atoms with Crippen molar-refractivity contribution in [3.63, 3.8) is 0 Å². The molecule has 19 heavy (non-hydrogen) atoms. The van der Waals surface area contributed by atoms with Crippen molar-refractivity contribution in [2.45, 2.75) is 38.9 Å². The molecule has 1 heterocycles. The van der Waals surface area contributed by atoms with E-state index in [-0.39, 0.29) is 23.8 Å². The Kier molecular flexibility index (Phi) is 4.16. The summed E-state index contributed by atoms with van der Waals surface area (Å²) in [5.41, 5.74) is 1.06. The van der Waals surface area contributed by atoms with Crippen LogP contribution in [0.2, 0.25) is 0 Å². The largest absolute Gasteiger partial charge is 0.343 e. The SMILES string of the molecule is CC(NC(C)C(C)n1nc[nH]c1=O)c1ccccc1. The first-order chi connectivity index (χ1) is 9.09. The first-order valence-corrected chi connectivity index (χ1v) is 6.52. The van der Waals surface area contributed by atoms with Crippen molar-refractivity contribution in [1.82, 2.24) is 20.1 Å². The first kappa shape index (κ1) is 13.5. The average Bonchev–Trinajstić information content (AvgIpc) is 2.85. The van der Waals surface area contributed by atoms with Crippen LogP contribution in [0.3, 0.4) is 0 Å². The van der Waals surface area contributed by atoms with Crippen LogP contribution >= 0.6 is 0 Å². The number of H-pyrrole nitrogens is 1. The van der Waals surface area contributed by atoms with Gasteiger partial charge in [-0.2, -0.15) is 5.10 Å². The maximum absolute atomic E-state index is 11.5. The van der Waals surface area contributed by atoms with Crippen LogP contribution in [0, 0.1) is 0 Å². The summed E-state index contributed by atoms with van der Waals surface area (Å²) < 4.78 is 1.47. The maximum Gasteiger partial charge on any atom is 0.343 e. The van der Waals surface area contributed by atoms with Gasteiger partial charge in [0.15, 0.2) is 0 Å². The highest BCUT2D eigenvalue weighted by atomic mass is 16.1. The molecule has 0 aliphatic heterocycles.